The molecule has 0 radical (unpaired) electrons. The van der Waals surface area contributed by atoms with Crippen molar-refractivity contribution in [3.05, 3.63) is 0 Å². The molecule has 0 spiro atoms. The summed E-state index contributed by atoms with van der Waals surface area (Å²) in [6, 6.07) is 0.180. The van der Waals surface area contributed by atoms with Gasteiger partial charge in [0.1, 0.15) is 0 Å². The standard InChI is InChI=1S/C13H24N4O3/c1-10-9-14-7-8-17(10)13(20)4-3-12(19)16-6-5-15-11(2)18/h10,14H,3-9H2,1-2H3,(H,15,18)(H,16,19)/t10-/m1/s1. The van der Waals surface area contributed by atoms with E-state index in [-0.39, 0.29) is 36.6 Å². The third-order valence-corrected chi connectivity index (χ3v) is 3.21. The van der Waals surface area contributed by atoms with Crippen LogP contribution in [0.2, 0.25) is 0 Å². The lowest BCUT2D eigenvalue weighted by molar-refractivity contribution is -0.136. The van der Waals surface area contributed by atoms with Crippen LogP contribution in [0.5, 0.6) is 0 Å². The van der Waals surface area contributed by atoms with Crippen LogP contribution >= 0.6 is 0 Å². The van der Waals surface area contributed by atoms with E-state index in [1.54, 1.807) is 0 Å². The molecule has 1 heterocycles. The number of nitrogens with zero attached hydrogens (tertiary/aromatic N) is 1. The van der Waals surface area contributed by atoms with Crippen LogP contribution in [0.15, 0.2) is 0 Å². The molecule has 20 heavy (non-hydrogen) atoms. The van der Waals surface area contributed by atoms with Crippen molar-refractivity contribution >= 4 is 17.7 Å². The quantitative estimate of drug-likeness (QED) is 0.537. The maximum absolute atomic E-state index is 12.0. The average molecular weight is 284 g/mol. The monoisotopic (exact) mass is 284 g/mol. The van der Waals surface area contributed by atoms with Crippen molar-refractivity contribution in [2.45, 2.75) is 32.7 Å². The van der Waals surface area contributed by atoms with E-state index in [0.717, 1.165) is 13.1 Å². The van der Waals surface area contributed by atoms with Gasteiger partial charge in [-0.05, 0) is 6.92 Å². The number of hydrogen-bond donors (Lipinski definition) is 3. The first-order chi connectivity index (χ1) is 9.50. The van der Waals surface area contributed by atoms with Gasteiger partial charge < -0.3 is 20.9 Å². The van der Waals surface area contributed by atoms with Gasteiger partial charge in [0.15, 0.2) is 0 Å². The molecular weight excluding hydrogens is 260 g/mol. The molecule has 3 N–H and O–H groups in total. The summed E-state index contributed by atoms with van der Waals surface area (Å²) in [5.74, 6) is -0.260. The normalized spacial score (nSPS) is 18.5. The van der Waals surface area contributed by atoms with Crippen LogP contribution in [-0.2, 0) is 14.4 Å². The fraction of sp³-hybridized carbons (Fsp3) is 0.769. The molecule has 1 atom stereocenters. The lowest BCUT2D eigenvalue weighted by atomic mass is 10.2. The Morgan fingerprint density at radius 2 is 1.90 bits per heavy atom. The van der Waals surface area contributed by atoms with Crippen LogP contribution in [0.25, 0.3) is 0 Å². The van der Waals surface area contributed by atoms with Gasteiger partial charge in [-0.3, -0.25) is 14.4 Å². The molecule has 0 bridgehead atoms. The molecule has 0 aromatic rings. The molecule has 0 aromatic carbocycles. The first-order valence-corrected chi connectivity index (χ1v) is 7.02. The van der Waals surface area contributed by atoms with Gasteiger partial charge in [-0.1, -0.05) is 0 Å². The third-order valence-electron chi connectivity index (χ3n) is 3.21. The highest BCUT2D eigenvalue weighted by Gasteiger charge is 2.22. The van der Waals surface area contributed by atoms with Crippen LogP contribution in [0, 0.1) is 0 Å². The minimum Gasteiger partial charge on any atom is -0.355 e. The molecule has 1 aliphatic heterocycles. The second kappa shape index (κ2) is 8.52. The molecular formula is C13H24N4O3. The molecule has 0 saturated carbocycles. The van der Waals surface area contributed by atoms with E-state index < -0.39 is 0 Å². The Labute approximate surface area is 119 Å². The van der Waals surface area contributed by atoms with Crippen molar-refractivity contribution in [2.24, 2.45) is 0 Å². The summed E-state index contributed by atoms with van der Waals surface area (Å²) in [5, 5.41) is 8.48. The molecule has 3 amide bonds. The first kappa shape index (κ1) is 16.4. The smallest absolute Gasteiger partial charge is 0.223 e. The van der Waals surface area contributed by atoms with E-state index in [1.807, 2.05) is 11.8 Å². The minimum atomic E-state index is -0.161. The van der Waals surface area contributed by atoms with Gasteiger partial charge in [0.05, 0.1) is 0 Å². The molecule has 1 fully saturated rings. The molecule has 1 saturated heterocycles. The molecule has 0 aromatic heterocycles. The van der Waals surface area contributed by atoms with Crippen molar-refractivity contribution < 1.29 is 14.4 Å². The maximum atomic E-state index is 12.0. The maximum Gasteiger partial charge on any atom is 0.223 e. The highest BCUT2D eigenvalue weighted by atomic mass is 16.2. The number of carbonyl (C=O) groups is 3. The summed E-state index contributed by atoms with van der Waals surface area (Å²) in [7, 11) is 0. The average Bonchev–Trinajstić information content (AvgIpc) is 2.41. The lowest BCUT2D eigenvalue weighted by Gasteiger charge is -2.34. The lowest BCUT2D eigenvalue weighted by Crippen LogP contribution is -2.52. The zero-order valence-corrected chi connectivity index (χ0v) is 12.2. The first-order valence-electron chi connectivity index (χ1n) is 7.02. The second-order valence-corrected chi connectivity index (χ2v) is 4.97. The van der Waals surface area contributed by atoms with Gasteiger partial charge in [0.2, 0.25) is 17.7 Å². The molecule has 0 unspecified atom stereocenters. The van der Waals surface area contributed by atoms with Crippen LogP contribution in [-0.4, -0.2) is 61.4 Å². The fourth-order valence-corrected chi connectivity index (χ4v) is 2.10. The summed E-state index contributed by atoms with van der Waals surface area (Å²) in [6.45, 7) is 6.52. The van der Waals surface area contributed by atoms with Crippen LogP contribution in [0.4, 0.5) is 0 Å². The van der Waals surface area contributed by atoms with Crippen molar-refractivity contribution in [1.82, 2.24) is 20.9 Å². The van der Waals surface area contributed by atoms with E-state index in [9.17, 15) is 14.4 Å². The number of rotatable bonds is 6. The molecule has 114 valence electrons. The molecule has 0 aliphatic carbocycles. The van der Waals surface area contributed by atoms with E-state index >= 15 is 0 Å². The molecule has 1 rings (SSSR count). The van der Waals surface area contributed by atoms with E-state index in [2.05, 4.69) is 16.0 Å². The number of nitrogens with one attached hydrogen (secondary N) is 3. The van der Waals surface area contributed by atoms with Gasteiger partial charge in [-0.2, -0.15) is 0 Å². The second-order valence-electron chi connectivity index (χ2n) is 4.97. The zero-order chi connectivity index (χ0) is 15.0. The highest BCUT2D eigenvalue weighted by Crippen LogP contribution is 2.06. The van der Waals surface area contributed by atoms with Crippen molar-refractivity contribution in [3.63, 3.8) is 0 Å². The van der Waals surface area contributed by atoms with Gasteiger partial charge in [0.25, 0.3) is 0 Å². The molecule has 7 heteroatoms. The summed E-state index contributed by atoms with van der Waals surface area (Å²) in [6.07, 6.45) is 0.422. The summed E-state index contributed by atoms with van der Waals surface area (Å²) < 4.78 is 0. The Bertz CT molecular complexity index is 360. The molecule has 1 aliphatic rings. The van der Waals surface area contributed by atoms with E-state index in [0.29, 0.717) is 19.6 Å². The Kier molecular flexibility index (Phi) is 7.00. The summed E-state index contributed by atoms with van der Waals surface area (Å²) in [5.41, 5.74) is 0. The SMILES string of the molecule is CC(=O)NCCNC(=O)CCC(=O)N1CCNC[C@H]1C. The van der Waals surface area contributed by atoms with Gasteiger partial charge in [0, 0.05) is 58.5 Å². The van der Waals surface area contributed by atoms with Crippen molar-refractivity contribution in [2.75, 3.05) is 32.7 Å². The van der Waals surface area contributed by atoms with Crippen LogP contribution in [0.1, 0.15) is 26.7 Å². The summed E-state index contributed by atoms with van der Waals surface area (Å²) >= 11 is 0. The Balaban J connectivity index is 2.16. The largest absolute Gasteiger partial charge is 0.355 e. The minimum absolute atomic E-state index is 0.0241. The predicted octanol–water partition coefficient (Wildman–Crippen LogP) is -1.16. The van der Waals surface area contributed by atoms with Crippen LogP contribution < -0.4 is 16.0 Å². The Hall–Kier alpha value is -1.63. The van der Waals surface area contributed by atoms with E-state index in [1.165, 1.54) is 6.92 Å². The van der Waals surface area contributed by atoms with Crippen molar-refractivity contribution in [3.8, 4) is 0 Å². The number of piperazine rings is 1. The third kappa shape index (κ3) is 6.01. The van der Waals surface area contributed by atoms with E-state index in [4.69, 9.17) is 0 Å². The van der Waals surface area contributed by atoms with Gasteiger partial charge >= 0.3 is 0 Å². The fourth-order valence-electron chi connectivity index (χ4n) is 2.10. The topological polar surface area (TPSA) is 90.5 Å². The van der Waals surface area contributed by atoms with Gasteiger partial charge in [-0.15, -0.1) is 0 Å². The Morgan fingerprint density at radius 3 is 2.55 bits per heavy atom. The predicted molar refractivity (Wildman–Crippen MR) is 75.0 cm³/mol. The zero-order valence-electron chi connectivity index (χ0n) is 12.2. The number of amides is 3. The Morgan fingerprint density at radius 1 is 1.20 bits per heavy atom. The number of carbonyl (C=O) groups excluding carboxylic acids is 3. The molecule has 7 nitrogen and oxygen atoms in total. The van der Waals surface area contributed by atoms with Crippen molar-refractivity contribution in [1.29, 1.82) is 0 Å². The van der Waals surface area contributed by atoms with Crippen LogP contribution in [0.3, 0.4) is 0 Å². The van der Waals surface area contributed by atoms with Gasteiger partial charge in [-0.25, -0.2) is 0 Å². The highest BCUT2D eigenvalue weighted by molar-refractivity contribution is 5.84. The number of hydrogen-bond acceptors (Lipinski definition) is 4. The summed E-state index contributed by atoms with van der Waals surface area (Å²) in [4.78, 5) is 36.0.